The molecule has 0 bridgehead atoms. The van der Waals surface area contributed by atoms with Crippen LogP contribution in [0.3, 0.4) is 0 Å². The van der Waals surface area contributed by atoms with E-state index >= 15 is 0 Å². The van der Waals surface area contributed by atoms with Crippen LogP contribution in [0, 0.1) is 5.92 Å². The minimum atomic E-state index is 0.420. The predicted molar refractivity (Wildman–Crippen MR) is 49.4 cm³/mol. The van der Waals surface area contributed by atoms with Crippen molar-refractivity contribution in [2.45, 2.75) is 46.1 Å². The first-order valence-corrected chi connectivity index (χ1v) is 4.56. The zero-order valence-electron chi connectivity index (χ0n) is 7.85. The maximum Gasteiger partial charge on any atom is 0.0107 e. The highest BCUT2D eigenvalue weighted by atomic mass is 14.7. The molecule has 0 aliphatic heterocycles. The molecule has 1 nitrogen and oxygen atoms in total. The lowest BCUT2D eigenvalue weighted by atomic mass is 9.80. The summed E-state index contributed by atoms with van der Waals surface area (Å²) in [5.74, 6) is 0.735. The summed E-state index contributed by atoms with van der Waals surface area (Å²) in [5, 5.41) is 0. The van der Waals surface area contributed by atoms with Gasteiger partial charge < -0.3 is 5.73 Å². The molecule has 1 aliphatic rings. The highest BCUT2D eigenvalue weighted by molar-refractivity contribution is 5.16. The van der Waals surface area contributed by atoms with Gasteiger partial charge in [-0.05, 0) is 32.6 Å². The summed E-state index contributed by atoms with van der Waals surface area (Å²) < 4.78 is 0. The molecule has 2 N–H and O–H groups in total. The minimum absolute atomic E-state index is 0.420. The average Bonchev–Trinajstić information content (AvgIpc) is 1.97. The first kappa shape index (κ1) is 8.79. The third-order valence-electron chi connectivity index (χ3n) is 2.97. The number of allylic oxidation sites excluding steroid dienone is 1. The maximum atomic E-state index is 6.01. The van der Waals surface area contributed by atoms with Crippen LogP contribution in [0.25, 0.3) is 0 Å². The summed E-state index contributed by atoms with van der Waals surface area (Å²) in [6.45, 7) is 6.68. The summed E-state index contributed by atoms with van der Waals surface area (Å²) in [7, 11) is 0. The lowest BCUT2D eigenvalue weighted by Gasteiger charge is -2.29. The van der Waals surface area contributed by atoms with Gasteiger partial charge in [0.25, 0.3) is 0 Å². The summed E-state index contributed by atoms with van der Waals surface area (Å²) in [6.07, 6.45) is 3.57. The summed E-state index contributed by atoms with van der Waals surface area (Å²) in [4.78, 5) is 0. The van der Waals surface area contributed by atoms with Crippen molar-refractivity contribution in [1.29, 1.82) is 0 Å². The highest BCUT2D eigenvalue weighted by Gasteiger charge is 2.22. The Labute approximate surface area is 69.7 Å². The topological polar surface area (TPSA) is 26.0 Å². The maximum absolute atomic E-state index is 6.01. The van der Waals surface area contributed by atoms with E-state index in [1.54, 1.807) is 5.57 Å². The van der Waals surface area contributed by atoms with E-state index < -0.39 is 0 Å². The third kappa shape index (κ3) is 1.84. The molecular formula is C10H19N. The molecule has 0 heterocycles. The monoisotopic (exact) mass is 153 g/mol. The third-order valence-corrected chi connectivity index (χ3v) is 2.97. The predicted octanol–water partition coefficient (Wildman–Crippen LogP) is 2.47. The lowest BCUT2D eigenvalue weighted by Crippen LogP contribution is -2.33. The van der Waals surface area contributed by atoms with Gasteiger partial charge in [-0.2, -0.15) is 0 Å². The zero-order valence-corrected chi connectivity index (χ0v) is 7.85. The van der Waals surface area contributed by atoms with E-state index in [0.717, 1.165) is 12.3 Å². The van der Waals surface area contributed by atoms with Gasteiger partial charge in [-0.15, -0.1) is 0 Å². The van der Waals surface area contributed by atoms with Crippen molar-refractivity contribution in [3.63, 3.8) is 0 Å². The minimum Gasteiger partial charge on any atom is -0.327 e. The standard InChI is InChI=1S/C10H19N/c1-4-9-5-7(2)8(3)6-10(9)11/h9-10H,4-6,11H2,1-3H3/t9-,10-/m0/s1. The highest BCUT2D eigenvalue weighted by Crippen LogP contribution is 2.29. The molecule has 1 rings (SSSR count). The Hall–Kier alpha value is -0.300. The number of hydrogen-bond acceptors (Lipinski definition) is 1. The number of hydrogen-bond donors (Lipinski definition) is 1. The summed E-state index contributed by atoms with van der Waals surface area (Å²) in [5.41, 5.74) is 9.09. The fraction of sp³-hybridized carbons (Fsp3) is 0.800. The number of rotatable bonds is 1. The van der Waals surface area contributed by atoms with Crippen molar-refractivity contribution in [2.24, 2.45) is 11.7 Å². The van der Waals surface area contributed by atoms with E-state index in [1.807, 2.05) is 0 Å². The van der Waals surface area contributed by atoms with Crippen LogP contribution in [0.1, 0.15) is 40.0 Å². The van der Waals surface area contributed by atoms with Gasteiger partial charge in [0.15, 0.2) is 0 Å². The Bertz CT molecular complexity index is 170. The van der Waals surface area contributed by atoms with E-state index in [-0.39, 0.29) is 0 Å². The second-order valence-electron chi connectivity index (χ2n) is 3.80. The van der Waals surface area contributed by atoms with Crippen LogP contribution in [0.5, 0.6) is 0 Å². The van der Waals surface area contributed by atoms with Crippen LogP contribution in [0.15, 0.2) is 11.1 Å². The molecule has 2 atom stereocenters. The fourth-order valence-corrected chi connectivity index (χ4v) is 1.86. The summed E-state index contributed by atoms with van der Waals surface area (Å²) in [6, 6.07) is 0.420. The van der Waals surface area contributed by atoms with Crippen molar-refractivity contribution in [3.8, 4) is 0 Å². The molecule has 0 aromatic heterocycles. The molecule has 0 radical (unpaired) electrons. The Morgan fingerprint density at radius 1 is 1.27 bits per heavy atom. The van der Waals surface area contributed by atoms with Gasteiger partial charge in [0.1, 0.15) is 0 Å². The van der Waals surface area contributed by atoms with E-state index in [0.29, 0.717) is 6.04 Å². The van der Waals surface area contributed by atoms with Gasteiger partial charge in [-0.3, -0.25) is 0 Å². The lowest BCUT2D eigenvalue weighted by molar-refractivity contribution is 0.379. The Morgan fingerprint density at radius 2 is 1.82 bits per heavy atom. The van der Waals surface area contributed by atoms with Crippen LogP contribution < -0.4 is 5.73 Å². The first-order valence-electron chi connectivity index (χ1n) is 4.56. The zero-order chi connectivity index (χ0) is 8.43. The van der Waals surface area contributed by atoms with E-state index in [1.165, 1.54) is 18.4 Å². The van der Waals surface area contributed by atoms with Crippen LogP contribution >= 0.6 is 0 Å². The molecule has 0 saturated carbocycles. The van der Waals surface area contributed by atoms with Gasteiger partial charge in [0.2, 0.25) is 0 Å². The molecule has 1 aliphatic carbocycles. The van der Waals surface area contributed by atoms with Crippen molar-refractivity contribution >= 4 is 0 Å². The second-order valence-corrected chi connectivity index (χ2v) is 3.80. The largest absolute Gasteiger partial charge is 0.327 e. The van der Waals surface area contributed by atoms with E-state index in [4.69, 9.17) is 5.73 Å². The Balaban J connectivity index is 2.67. The van der Waals surface area contributed by atoms with Crippen molar-refractivity contribution in [2.75, 3.05) is 0 Å². The average molecular weight is 153 g/mol. The van der Waals surface area contributed by atoms with Gasteiger partial charge in [-0.1, -0.05) is 24.5 Å². The first-order chi connectivity index (χ1) is 5.15. The molecule has 0 aromatic carbocycles. The molecule has 11 heavy (non-hydrogen) atoms. The molecule has 0 saturated heterocycles. The summed E-state index contributed by atoms with van der Waals surface area (Å²) >= 11 is 0. The molecule has 0 fully saturated rings. The molecule has 64 valence electrons. The van der Waals surface area contributed by atoms with E-state index in [9.17, 15) is 0 Å². The van der Waals surface area contributed by atoms with E-state index in [2.05, 4.69) is 20.8 Å². The van der Waals surface area contributed by atoms with Crippen molar-refractivity contribution < 1.29 is 0 Å². The quantitative estimate of drug-likeness (QED) is 0.575. The van der Waals surface area contributed by atoms with Crippen LogP contribution in [-0.2, 0) is 0 Å². The molecule has 1 heteroatoms. The second kappa shape index (κ2) is 3.40. The number of nitrogens with two attached hydrogens (primary N) is 1. The molecule has 0 spiro atoms. The normalized spacial score (nSPS) is 32.7. The van der Waals surface area contributed by atoms with Gasteiger partial charge in [0, 0.05) is 6.04 Å². The van der Waals surface area contributed by atoms with Crippen LogP contribution in [-0.4, -0.2) is 6.04 Å². The molecule has 0 unspecified atom stereocenters. The van der Waals surface area contributed by atoms with Crippen molar-refractivity contribution in [3.05, 3.63) is 11.1 Å². The SMILES string of the molecule is CC[C@H]1CC(C)=C(C)C[C@@H]1N. The Morgan fingerprint density at radius 3 is 2.36 bits per heavy atom. The molecule has 0 amide bonds. The Kier molecular flexibility index (Phi) is 2.72. The van der Waals surface area contributed by atoms with Gasteiger partial charge in [-0.25, -0.2) is 0 Å². The van der Waals surface area contributed by atoms with Gasteiger partial charge >= 0.3 is 0 Å². The molecular weight excluding hydrogens is 134 g/mol. The fourth-order valence-electron chi connectivity index (χ4n) is 1.86. The van der Waals surface area contributed by atoms with Crippen LogP contribution in [0.4, 0.5) is 0 Å². The van der Waals surface area contributed by atoms with Crippen LogP contribution in [0.2, 0.25) is 0 Å². The van der Waals surface area contributed by atoms with Gasteiger partial charge in [0.05, 0.1) is 0 Å². The smallest absolute Gasteiger partial charge is 0.0107 e. The van der Waals surface area contributed by atoms with Crippen molar-refractivity contribution in [1.82, 2.24) is 0 Å². The molecule has 0 aromatic rings.